The lowest BCUT2D eigenvalue weighted by Crippen LogP contribution is -2.41. The third-order valence-electron chi connectivity index (χ3n) is 4.55. The highest BCUT2D eigenvalue weighted by Crippen LogP contribution is 2.43. The minimum absolute atomic E-state index is 0.0432. The van der Waals surface area contributed by atoms with Gasteiger partial charge in [-0.2, -0.15) is 0 Å². The number of benzene rings is 1. The third-order valence-corrected chi connectivity index (χ3v) is 5.24. The Morgan fingerprint density at radius 2 is 1.82 bits per heavy atom. The zero-order valence-electron chi connectivity index (χ0n) is 13.6. The van der Waals surface area contributed by atoms with Gasteiger partial charge in [-0.05, 0) is 51.8 Å². The van der Waals surface area contributed by atoms with E-state index in [0.717, 1.165) is 15.6 Å². The molecule has 1 aliphatic heterocycles. The normalized spacial score (nSPS) is 20.9. The van der Waals surface area contributed by atoms with Gasteiger partial charge in [0.1, 0.15) is 0 Å². The Morgan fingerprint density at radius 1 is 1.27 bits per heavy atom. The van der Waals surface area contributed by atoms with E-state index in [-0.39, 0.29) is 12.2 Å². The van der Waals surface area contributed by atoms with Crippen LogP contribution in [0.2, 0.25) is 0 Å². The summed E-state index contributed by atoms with van der Waals surface area (Å²) in [6, 6.07) is 5.90. The SMILES string of the molecule is Cc1ccc(C(CC(=O)O)B2OC(C)(C)C(C)(C)O2)c(Br)c1. The quantitative estimate of drug-likeness (QED) is 0.817. The van der Waals surface area contributed by atoms with Crippen LogP contribution in [0.1, 0.15) is 51.1 Å². The average molecular weight is 369 g/mol. The van der Waals surface area contributed by atoms with Crippen molar-refractivity contribution in [2.24, 2.45) is 0 Å². The predicted molar refractivity (Wildman–Crippen MR) is 90.0 cm³/mol. The molecule has 1 aliphatic rings. The van der Waals surface area contributed by atoms with Crippen LogP contribution in [-0.4, -0.2) is 29.4 Å². The summed E-state index contributed by atoms with van der Waals surface area (Å²) in [5.41, 5.74) is 1.04. The molecule has 4 nitrogen and oxygen atoms in total. The van der Waals surface area contributed by atoms with Crippen molar-refractivity contribution in [2.45, 2.75) is 58.1 Å². The van der Waals surface area contributed by atoms with Gasteiger partial charge in [-0.1, -0.05) is 28.1 Å². The molecule has 0 amide bonds. The van der Waals surface area contributed by atoms with Crippen LogP contribution in [0.4, 0.5) is 0 Å². The molecule has 0 spiro atoms. The Hall–Kier alpha value is -0.845. The number of hydrogen-bond acceptors (Lipinski definition) is 3. The molecule has 1 atom stereocenters. The fraction of sp³-hybridized carbons (Fsp3) is 0.562. The summed E-state index contributed by atoms with van der Waals surface area (Å²) in [4.78, 5) is 11.3. The molecule has 0 saturated carbocycles. The van der Waals surface area contributed by atoms with E-state index in [1.54, 1.807) is 0 Å². The maximum atomic E-state index is 11.3. The summed E-state index contributed by atoms with van der Waals surface area (Å²) in [7, 11) is -0.583. The van der Waals surface area contributed by atoms with Gasteiger partial charge in [0.05, 0.1) is 17.6 Å². The molecule has 120 valence electrons. The van der Waals surface area contributed by atoms with Gasteiger partial charge >= 0.3 is 13.1 Å². The molecule has 1 heterocycles. The lowest BCUT2D eigenvalue weighted by molar-refractivity contribution is -0.137. The monoisotopic (exact) mass is 368 g/mol. The van der Waals surface area contributed by atoms with Crippen molar-refractivity contribution in [3.8, 4) is 0 Å². The Labute approximate surface area is 140 Å². The number of carbonyl (C=O) groups is 1. The smallest absolute Gasteiger partial charge is 0.466 e. The van der Waals surface area contributed by atoms with Crippen LogP contribution in [0.15, 0.2) is 22.7 Å². The van der Waals surface area contributed by atoms with Gasteiger partial charge in [0.15, 0.2) is 0 Å². The highest BCUT2D eigenvalue weighted by atomic mass is 79.9. The fourth-order valence-corrected chi connectivity index (χ4v) is 3.31. The minimum Gasteiger partial charge on any atom is -0.481 e. The van der Waals surface area contributed by atoms with Gasteiger partial charge in [-0.3, -0.25) is 4.79 Å². The number of halogens is 1. The number of aliphatic carboxylic acids is 1. The van der Waals surface area contributed by atoms with Crippen molar-refractivity contribution in [1.82, 2.24) is 0 Å². The van der Waals surface area contributed by atoms with Crippen LogP contribution in [0.5, 0.6) is 0 Å². The molecule has 0 bridgehead atoms. The predicted octanol–water partition coefficient (Wildman–Crippen LogP) is 3.95. The summed E-state index contributed by atoms with van der Waals surface area (Å²) in [6.07, 6.45) is -0.0432. The van der Waals surface area contributed by atoms with Crippen LogP contribution in [0, 0.1) is 6.92 Å². The first kappa shape index (κ1) is 17.5. The van der Waals surface area contributed by atoms with E-state index in [1.165, 1.54) is 0 Å². The van der Waals surface area contributed by atoms with E-state index in [9.17, 15) is 9.90 Å². The number of aryl methyl sites for hydroxylation is 1. The minimum atomic E-state index is -0.868. The second-order valence-electron chi connectivity index (χ2n) is 6.85. The summed E-state index contributed by atoms with van der Waals surface area (Å²) in [5, 5.41) is 9.28. The Kier molecular flexibility index (Phi) is 4.76. The van der Waals surface area contributed by atoms with Crippen molar-refractivity contribution in [1.29, 1.82) is 0 Å². The third kappa shape index (κ3) is 3.39. The summed E-state index contributed by atoms with van der Waals surface area (Å²) < 4.78 is 13.0. The lowest BCUT2D eigenvalue weighted by atomic mass is 9.66. The molecule has 1 fully saturated rings. The van der Waals surface area contributed by atoms with Crippen LogP contribution in [0.3, 0.4) is 0 Å². The van der Waals surface area contributed by atoms with Gasteiger partial charge in [-0.15, -0.1) is 0 Å². The zero-order valence-corrected chi connectivity index (χ0v) is 15.2. The van der Waals surface area contributed by atoms with Gasteiger partial charge in [0.25, 0.3) is 0 Å². The van der Waals surface area contributed by atoms with Crippen molar-refractivity contribution in [3.05, 3.63) is 33.8 Å². The fourth-order valence-electron chi connectivity index (χ4n) is 2.53. The number of carboxylic acids is 1. The molecular weight excluding hydrogens is 347 g/mol. The first-order valence-corrected chi connectivity index (χ1v) is 8.16. The molecular formula is C16H22BBrO4. The van der Waals surface area contributed by atoms with Gasteiger partial charge in [0.2, 0.25) is 0 Å². The van der Waals surface area contributed by atoms with Gasteiger partial charge in [-0.25, -0.2) is 0 Å². The second-order valence-corrected chi connectivity index (χ2v) is 7.71. The maximum Gasteiger partial charge on any atom is 0.466 e. The van der Waals surface area contributed by atoms with Gasteiger partial charge in [0, 0.05) is 10.3 Å². The first-order valence-electron chi connectivity index (χ1n) is 7.37. The lowest BCUT2D eigenvalue weighted by Gasteiger charge is -2.32. The molecule has 22 heavy (non-hydrogen) atoms. The van der Waals surface area contributed by atoms with Crippen LogP contribution in [0.25, 0.3) is 0 Å². The van der Waals surface area contributed by atoms with E-state index >= 15 is 0 Å². The average Bonchev–Trinajstić information content (AvgIpc) is 2.56. The highest BCUT2D eigenvalue weighted by molar-refractivity contribution is 9.10. The summed E-state index contributed by atoms with van der Waals surface area (Å²) >= 11 is 3.54. The van der Waals surface area contributed by atoms with Crippen molar-refractivity contribution in [2.75, 3.05) is 0 Å². The van der Waals surface area contributed by atoms with Crippen molar-refractivity contribution in [3.63, 3.8) is 0 Å². The molecule has 0 radical (unpaired) electrons. The maximum absolute atomic E-state index is 11.3. The van der Waals surface area contributed by atoms with Crippen molar-refractivity contribution < 1.29 is 19.2 Å². The standard InChI is InChI=1S/C16H22BBrO4/c1-10-6-7-11(13(18)8-10)12(9-14(19)20)17-21-15(2,3)16(4,5)22-17/h6-8,12H,9H2,1-5H3,(H,19,20). The topological polar surface area (TPSA) is 55.8 Å². The molecule has 2 rings (SSSR count). The Morgan fingerprint density at radius 3 is 2.27 bits per heavy atom. The largest absolute Gasteiger partial charge is 0.481 e. The van der Waals surface area contributed by atoms with E-state index in [2.05, 4.69) is 15.9 Å². The van der Waals surface area contributed by atoms with E-state index in [0.29, 0.717) is 0 Å². The Bertz CT molecular complexity index is 570. The van der Waals surface area contributed by atoms with E-state index in [4.69, 9.17) is 9.31 Å². The second kappa shape index (κ2) is 5.98. The van der Waals surface area contributed by atoms with E-state index in [1.807, 2.05) is 52.8 Å². The number of rotatable bonds is 4. The molecule has 1 aromatic carbocycles. The van der Waals surface area contributed by atoms with Crippen molar-refractivity contribution >= 4 is 29.0 Å². The van der Waals surface area contributed by atoms with Crippen LogP contribution >= 0.6 is 15.9 Å². The first-order chi connectivity index (χ1) is 10.0. The van der Waals surface area contributed by atoms with Gasteiger partial charge < -0.3 is 14.4 Å². The molecule has 1 N–H and O–H groups in total. The van der Waals surface area contributed by atoms with E-state index < -0.39 is 24.3 Å². The summed E-state index contributed by atoms with van der Waals surface area (Å²) in [6.45, 7) is 9.86. The molecule has 1 saturated heterocycles. The summed E-state index contributed by atoms with van der Waals surface area (Å²) in [5.74, 6) is -1.24. The molecule has 1 unspecified atom stereocenters. The molecule has 6 heteroatoms. The molecule has 1 aromatic rings. The Balaban J connectivity index is 2.38. The molecule has 0 aromatic heterocycles. The number of hydrogen-bond donors (Lipinski definition) is 1. The highest BCUT2D eigenvalue weighted by Gasteiger charge is 2.54. The van der Waals surface area contributed by atoms with Crippen LogP contribution in [-0.2, 0) is 14.1 Å². The number of carboxylic acid groups (broad SMARTS) is 1. The zero-order chi connectivity index (χ0) is 16.7. The van der Waals surface area contributed by atoms with Crippen LogP contribution < -0.4 is 0 Å². The molecule has 0 aliphatic carbocycles.